The molecule has 0 spiro atoms. The lowest BCUT2D eigenvalue weighted by molar-refractivity contribution is -0.159. The second-order valence-corrected chi connectivity index (χ2v) is 8.14. The number of carbonyl (C=O) groups excluding carboxylic acids is 4. The van der Waals surface area contributed by atoms with Gasteiger partial charge in [-0.15, -0.1) is 0 Å². The lowest BCUT2D eigenvalue weighted by atomic mass is 9.88. The van der Waals surface area contributed by atoms with E-state index >= 15 is 0 Å². The molecule has 2 aromatic carbocycles. The van der Waals surface area contributed by atoms with E-state index in [-0.39, 0.29) is 16.9 Å². The van der Waals surface area contributed by atoms with Gasteiger partial charge in [0.05, 0.1) is 19.8 Å². The topological polar surface area (TPSA) is 99.2 Å². The molecule has 0 atom stereocenters. The second kappa shape index (κ2) is 10.0. The molecule has 10 heteroatoms. The Morgan fingerprint density at radius 3 is 2.03 bits per heavy atom. The quantitative estimate of drug-likeness (QED) is 0.336. The molecule has 0 bridgehead atoms. The molecule has 1 aliphatic heterocycles. The Bertz CT molecular complexity index is 1170. The molecule has 0 saturated heterocycles. The van der Waals surface area contributed by atoms with Crippen LogP contribution < -0.4 is 0 Å². The molecule has 3 rings (SSSR count). The molecule has 0 unspecified atom stereocenters. The van der Waals surface area contributed by atoms with Gasteiger partial charge < -0.3 is 14.2 Å². The summed E-state index contributed by atoms with van der Waals surface area (Å²) < 4.78 is 42.7. The summed E-state index contributed by atoms with van der Waals surface area (Å²) >= 11 is 0. The molecule has 1 heterocycles. The Labute approximate surface area is 200 Å². The Morgan fingerprint density at radius 1 is 0.971 bits per heavy atom. The maximum Gasteiger partial charge on any atom is 0.327 e. The normalized spacial score (nSPS) is 14.0. The maximum atomic E-state index is 13.8. The molecule has 8 nitrogen and oxygen atoms in total. The monoisotopic (exact) mass is 487 g/mol. The van der Waals surface area contributed by atoms with Gasteiger partial charge in [0.25, 0.3) is 5.91 Å². The van der Waals surface area contributed by atoms with E-state index < -0.39 is 53.5 Å². The predicted molar refractivity (Wildman–Crippen MR) is 118 cm³/mol. The van der Waals surface area contributed by atoms with E-state index in [1.807, 2.05) is 0 Å². The molecule has 2 aromatic rings. The molecule has 0 fully saturated rings. The smallest absolute Gasteiger partial charge is 0.327 e. The Balaban J connectivity index is 2.14. The first-order valence-corrected chi connectivity index (χ1v) is 10.4. The van der Waals surface area contributed by atoms with E-state index in [9.17, 15) is 28.0 Å². The largest absolute Gasteiger partial charge is 0.475 e. The first kappa shape index (κ1) is 25.5. The average molecular weight is 487 g/mol. The van der Waals surface area contributed by atoms with E-state index in [1.165, 1.54) is 13.8 Å². The fraction of sp³-hybridized carbons (Fsp3) is 0.280. The fourth-order valence-electron chi connectivity index (χ4n) is 3.73. The van der Waals surface area contributed by atoms with Crippen LogP contribution in [0.1, 0.15) is 29.8 Å². The highest BCUT2D eigenvalue weighted by Crippen LogP contribution is 2.36. The van der Waals surface area contributed by atoms with Gasteiger partial charge in [0.2, 0.25) is 5.92 Å². The first-order valence-electron chi connectivity index (χ1n) is 10.4. The molecule has 0 aliphatic carbocycles. The summed E-state index contributed by atoms with van der Waals surface area (Å²) in [5, 5.41) is 0. The zero-order chi connectivity index (χ0) is 25.9. The third-order valence-electron chi connectivity index (χ3n) is 5.61. The fourth-order valence-corrected chi connectivity index (χ4v) is 3.73. The molecule has 0 radical (unpaired) electrons. The average Bonchev–Trinajstić information content (AvgIpc) is 2.83. The number of carbonyl (C=O) groups is 4. The summed E-state index contributed by atoms with van der Waals surface area (Å²) in [7, 11) is 2.13. The highest BCUT2D eigenvalue weighted by Gasteiger charge is 2.47. The minimum absolute atomic E-state index is 0.163. The van der Waals surface area contributed by atoms with E-state index in [0.29, 0.717) is 11.6 Å². The highest BCUT2D eigenvalue weighted by atomic mass is 19.1. The van der Waals surface area contributed by atoms with Gasteiger partial charge in [-0.25, -0.2) is 8.78 Å². The van der Waals surface area contributed by atoms with Crippen molar-refractivity contribution in [1.29, 1.82) is 0 Å². The number of halogens is 2. The minimum atomic E-state index is -1.69. The van der Waals surface area contributed by atoms with Crippen molar-refractivity contribution in [3.63, 3.8) is 0 Å². The maximum absolute atomic E-state index is 13.8. The minimum Gasteiger partial charge on any atom is -0.475 e. The van der Waals surface area contributed by atoms with Crippen molar-refractivity contribution in [2.45, 2.75) is 19.4 Å². The number of ketones is 1. The molecule has 0 N–H and O–H groups in total. The Kier molecular flexibility index (Phi) is 7.33. The van der Waals surface area contributed by atoms with E-state index in [0.717, 1.165) is 31.3 Å². The van der Waals surface area contributed by atoms with Crippen LogP contribution in [0.4, 0.5) is 8.78 Å². The SMILES string of the molecule is COC(=O)C(C(=O)OC)C1=C(c2ccccc2)C(=O)N(C(C)(C)C(=O)c2cc(F)cc(F)c2)CO1. The van der Waals surface area contributed by atoms with Crippen LogP contribution in [0.25, 0.3) is 5.57 Å². The number of ether oxygens (including phenoxy) is 3. The van der Waals surface area contributed by atoms with Crippen molar-refractivity contribution in [2.24, 2.45) is 5.92 Å². The van der Waals surface area contributed by atoms with Crippen LogP contribution in [0.3, 0.4) is 0 Å². The molecule has 184 valence electrons. The summed E-state index contributed by atoms with van der Waals surface area (Å²) in [5.74, 6) is -7.39. The summed E-state index contributed by atoms with van der Waals surface area (Å²) in [6.07, 6.45) is 0. The lowest BCUT2D eigenvalue weighted by Crippen LogP contribution is -2.56. The molecule has 1 amide bonds. The van der Waals surface area contributed by atoms with E-state index in [4.69, 9.17) is 14.2 Å². The molecule has 0 saturated carbocycles. The number of hydrogen-bond acceptors (Lipinski definition) is 7. The van der Waals surface area contributed by atoms with Crippen molar-refractivity contribution < 1.29 is 42.2 Å². The first-order chi connectivity index (χ1) is 16.5. The van der Waals surface area contributed by atoms with Crippen molar-refractivity contribution in [2.75, 3.05) is 21.0 Å². The highest BCUT2D eigenvalue weighted by molar-refractivity contribution is 6.23. The van der Waals surface area contributed by atoms with Crippen LogP contribution in [0.15, 0.2) is 54.3 Å². The zero-order valence-electron chi connectivity index (χ0n) is 19.5. The number of benzene rings is 2. The van der Waals surface area contributed by atoms with Gasteiger partial charge in [0.15, 0.2) is 12.5 Å². The molecule has 1 aliphatic rings. The van der Waals surface area contributed by atoms with Crippen LogP contribution in [-0.2, 0) is 28.6 Å². The van der Waals surface area contributed by atoms with Crippen molar-refractivity contribution >= 4 is 29.2 Å². The number of methoxy groups -OCH3 is 2. The van der Waals surface area contributed by atoms with Gasteiger partial charge in [0, 0.05) is 11.6 Å². The van der Waals surface area contributed by atoms with Crippen LogP contribution in [0.5, 0.6) is 0 Å². The number of amides is 1. The molecule has 35 heavy (non-hydrogen) atoms. The molecular weight excluding hydrogens is 464 g/mol. The standard InChI is InChI=1S/C25H23F2NO7/c1-25(2,21(29)15-10-16(26)12-17(27)11-15)28-13-35-20(19(23(31)33-3)24(32)34-4)18(22(28)30)14-8-6-5-7-9-14/h5-12,19H,13H2,1-4H3. The summed E-state index contributed by atoms with van der Waals surface area (Å²) in [6, 6.07) is 10.4. The van der Waals surface area contributed by atoms with E-state index in [1.54, 1.807) is 30.3 Å². The van der Waals surface area contributed by atoms with Gasteiger partial charge in [-0.1, -0.05) is 30.3 Å². The van der Waals surface area contributed by atoms with Crippen molar-refractivity contribution in [1.82, 2.24) is 4.90 Å². The van der Waals surface area contributed by atoms with E-state index in [2.05, 4.69) is 0 Å². The van der Waals surface area contributed by atoms with Gasteiger partial charge in [-0.05, 0) is 31.5 Å². The second-order valence-electron chi connectivity index (χ2n) is 8.14. The zero-order valence-corrected chi connectivity index (χ0v) is 19.5. The van der Waals surface area contributed by atoms with Crippen LogP contribution in [-0.4, -0.2) is 55.0 Å². The summed E-state index contributed by atoms with van der Waals surface area (Å²) in [5.41, 5.74) is -1.77. The number of hydrogen-bond donors (Lipinski definition) is 0. The van der Waals surface area contributed by atoms with Gasteiger partial charge in [-0.2, -0.15) is 0 Å². The van der Waals surface area contributed by atoms with Gasteiger partial charge in [0.1, 0.15) is 22.9 Å². The Morgan fingerprint density at radius 2 is 1.51 bits per heavy atom. The molecular formula is C25H23F2NO7. The summed E-state index contributed by atoms with van der Waals surface area (Å²) in [6.45, 7) is 2.25. The number of rotatable bonds is 7. The van der Waals surface area contributed by atoms with Gasteiger partial charge in [-0.3, -0.25) is 24.1 Å². The van der Waals surface area contributed by atoms with Crippen LogP contribution in [0.2, 0.25) is 0 Å². The number of esters is 2. The van der Waals surface area contributed by atoms with Crippen LogP contribution in [0, 0.1) is 17.6 Å². The van der Waals surface area contributed by atoms with Crippen molar-refractivity contribution in [3.05, 3.63) is 77.1 Å². The third kappa shape index (κ3) is 4.91. The summed E-state index contributed by atoms with van der Waals surface area (Å²) in [4.78, 5) is 52.9. The van der Waals surface area contributed by atoms with Crippen molar-refractivity contribution in [3.8, 4) is 0 Å². The third-order valence-corrected chi connectivity index (χ3v) is 5.61. The number of Topliss-reactive ketones (excluding diaryl/α,β-unsaturated/α-hetero) is 1. The predicted octanol–water partition coefficient (Wildman–Crippen LogP) is 3.12. The number of nitrogens with zero attached hydrogens (tertiary/aromatic N) is 1. The Hall–Kier alpha value is -4.08. The van der Waals surface area contributed by atoms with Gasteiger partial charge >= 0.3 is 11.9 Å². The molecule has 0 aromatic heterocycles. The lowest BCUT2D eigenvalue weighted by Gasteiger charge is -2.41. The van der Waals surface area contributed by atoms with Crippen LogP contribution >= 0.6 is 0 Å².